The summed E-state index contributed by atoms with van der Waals surface area (Å²) in [4.78, 5) is 4.37. The van der Waals surface area contributed by atoms with E-state index in [9.17, 15) is 0 Å². The summed E-state index contributed by atoms with van der Waals surface area (Å²) in [6.45, 7) is 8.23. The van der Waals surface area contributed by atoms with Gasteiger partial charge < -0.3 is 5.73 Å². The third-order valence-corrected chi connectivity index (χ3v) is 3.28. The van der Waals surface area contributed by atoms with E-state index >= 15 is 0 Å². The minimum absolute atomic E-state index is 0.0364. The highest BCUT2D eigenvalue weighted by atomic mass is 15.3. The van der Waals surface area contributed by atoms with E-state index in [2.05, 4.69) is 23.9 Å². The summed E-state index contributed by atoms with van der Waals surface area (Å²) in [6, 6.07) is 3.94. The number of pyridine rings is 1. The predicted molar refractivity (Wildman–Crippen MR) is 72.8 cm³/mol. The number of aryl methyl sites for hydroxylation is 1. The van der Waals surface area contributed by atoms with Crippen LogP contribution in [0.2, 0.25) is 0 Å². The second-order valence-corrected chi connectivity index (χ2v) is 4.64. The van der Waals surface area contributed by atoms with Crippen LogP contribution in [0.15, 0.2) is 18.3 Å². The van der Waals surface area contributed by atoms with Crippen molar-refractivity contribution in [2.45, 2.75) is 40.2 Å². The van der Waals surface area contributed by atoms with Gasteiger partial charge in [-0.05, 0) is 44.9 Å². The molecule has 0 radical (unpaired) electrons. The first-order chi connectivity index (χ1) is 8.54. The first-order valence-electron chi connectivity index (χ1n) is 6.31. The molecule has 0 saturated heterocycles. The smallest absolute Gasteiger partial charge is 0.0832 e. The van der Waals surface area contributed by atoms with Crippen LogP contribution in [0.25, 0.3) is 5.69 Å². The molecule has 2 aromatic heterocycles. The Labute approximate surface area is 108 Å². The van der Waals surface area contributed by atoms with Gasteiger partial charge in [-0.15, -0.1) is 0 Å². The average Bonchev–Trinajstić information content (AvgIpc) is 2.64. The van der Waals surface area contributed by atoms with Gasteiger partial charge in [0.1, 0.15) is 0 Å². The second-order valence-electron chi connectivity index (χ2n) is 4.64. The van der Waals surface area contributed by atoms with Gasteiger partial charge in [-0.3, -0.25) is 4.98 Å². The highest BCUT2D eigenvalue weighted by molar-refractivity contribution is 5.36. The molecule has 18 heavy (non-hydrogen) atoms. The Balaban J connectivity index is 2.43. The topological polar surface area (TPSA) is 56.7 Å². The zero-order chi connectivity index (χ0) is 13.3. The van der Waals surface area contributed by atoms with E-state index in [0.29, 0.717) is 0 Å². The van der Waals surface area contributed by atoms with Gasteiger partial charge in [0.05, 0.1) is 23.3 Å². The molecule has 2 rings (SSSR count). The maximum atomic E-state index is 5.80. The van der Waals surface area contributed by atoms with Crippen LogP contribution < -0.4 is 5.73 Å². The van der Waals surface area contributed by atoms with Crippen molar-refractivity contribution in [3.8, 4) is 5.69 Å². The zero-order valence-electron chi connectivity index (χ0n) is 11.4. The van der Waals surface area contributed by atoms with E-state index in [4.69, 9.17) is 5.73 Å². The molecule has 0 saturated carbocycles. The molecule has 0 aromatic carbocycles. The van der Waals surface area contributed by atoms with Gasteiger partial charge in [0.25, 0.3) is 0 Å². The number of aromatic nitrogens is 3. The van der Waals surface area contributed by atoms with Gasteiger partial charge in [-0.1, -0.05) is 6.92 Å². The van der Waals surface area contributed by atoms with E-state index in [1.807, 2.05) is 36.9 Å². The standard InChI is InChI=1S/C14H20N4/c1-5-13-10(3)17-18(11(13)4)12-6-7-14(9(2)15)16-8-12/h6-9H,5,15H2,1-4H3/t9-/m0/s1. The minimum Gasteiger partial charge on any atom is -0.323 e. The van der Waals surface area contributed by atoms with Crippen molar-refractivity contribution in [2.75, 3.05) is 0 Å². The van der Waals surface area contributed by atoms with Crippen molar-refractivity contribution in [1.29, 1.82) is 0 Å². The SMILES string of the molecule is CCc1c(C)nn(-c2ccc([C@H](C)N)nc2)c1C. The van der Waals surface area contributed by atoms with Crippen LogP contribution in [-0.2, 0) is 6.42 Å². The first kappa shape index (κ1) is 12.8. The molecular formula is C14H20N4. The summed E-state index contributed by atoms with van der Waals surface area (Å²) in [5.41, 5.74) is 11.3. The van der Waals surface area contributed by atoms with Crippen LogP contribution in [0.3, 0.4) is 0 Å². The first-order valence-corrected chi connectivity index (χ1v) is 6.31. The molecule has 4 heteroatoms. The van der Waals surface area contributed by atoms with Crippen molar-refractivity contribution in [3.63, 3.8) is 0 Å². The Morgan fingerprint density at radius 1 is 1.33 bits per heavy atom. The van der Waals surface area contributed by atoms with Crippen molar-refractivity contribution in [2.24, 2.45) is 5.73 Å². The zero-order valence-corrected chi connectivity index (χ0v) is 11.4. The fraction of sp³-hybridized carbons (Fsp3) is 0.429. The van der Waals surface area contributed by atoms with Crippen molar-refractivity contribution in [1.82, 2.24) is 14.8 Å². The van der Waals surface area contributed by atoms with Gasteiger partial charge in [-0.25, -0.2) is 4.68 Å². The fourth-order valence-electron chi connectivity index (χ4n) is 2.23. The van der Waals surface area contributed by atoms with Gasteiger partial charge in [0, 0.05) is 11.7 Å². The quantitative estimate of drug-likeness (QED) is 0.902. The van der Waals surface area contributed by atoms with Gasteiger partial charge in [-0.2, -0.15) is 5.10 Å². The molecule has 1 atom stereocenters. The lowest BCUT2D eigenvalue weighted by Gasteiger charge is -2.07. The summed E-state index contributed by atoms with van der Waals surface area (Å²) in [5.74, 6) is 0. The van der Waals surface area contributed by atoms with E-state index < -0.39 is 0 Å². The molecule has 2 N–H and O–H groups in total. The number of hydrogen-bond donors (Lipinski definition) is 1. The molecular weight excluding hydrogens is 224 g/mol. The van der Waals surface area contributed by atoms with Crippen LogP contribution in [0.5, 0.6) is 0 Å². The molecule has 0 amide bonds. The highest BCUT2D eigenvalue weighted by Crippen LogP contribution is 2.18. The van der Waals surface area contributed by atoms with Gasteiger partial charge >= 0.3 is 0 Å². The van der Waals surface area contributed by atoms with Gasteiger partial charge in [0.15, 0.2) is 0 Å². The molecule has 0 bridgehead atoms. The Hall–Kier alpha value is -1.68. The van der Waals surface area contributed by atoms with Crippen LogP contribution in [0, 0.1) is 13.8 Å². The maximum absolute atomic E-state index is 5.80. The lowest BCUT2D eigenvalue weighted by molar-refractivity contribution is 0.770. The van der Waals surface area contributed by atoms with Gasteiger partial charge in [0.2, 0.25) is 0 Å². The summed E-state index contributed by atoms with van der Waals surface area (Å²) in [7, 11) is 0. The predicted octanol–water partition coefficient (Wildman–Crippen LogP) is 2.47. The Morgan fingerprint density at radius 2 is 2.06 bits per heavy atom. The summed E-state index contributed by atoms with van der Waals surface area (Å²) in [6.07, 6.45) is 2.83. The van der Waals surface area contributed by atoms with E-state index in [-0.39, 0.29) is 6.04 Å². The third-order valence-electron chi connectivity index (χ3n) is 3.28. The molecule has 2 aromatic rings. The molecule has 0 spiro atoms. The molecule has 0 aliphatic heterocycles. The molecule has 0 aliphatic rings. The lowest BCUT2D eigenvalue weighted by atomic mass is 10.1. The molecule has 0 unspecified atom stereocenters. The molecule has 0 fully saturated rings. The summed E-state index contributed by atoms with van der Waals surface area (Å²) < 4.78 is 1.95. The second kappa shape index (κ2) is 4.90. The Kier molecular flexibility index (Phi) is 3.48. The van der Waals surface area contributed by atoms with Crippen LogP contribution in [0.1, 0.15) is 42.5 Å². The van der Waals surface area contributed by atoms with Crippen molar-refractivity contribution < 1.29 is 0 Å². The molecule has 96 valence electrons. The number of nitrogens with two attached hydrogens (primary N) is 1. The monoisotopic (exact) mass is 244 g/mol. The van der Waals surface area contributed by atoms with Crippen molar-refractivity contribution >= 4 is 0 Å². The van der Waals surface area contributed by atoms with Crippen LogP contribution >= 0.6 is 0 Å². The number of nitrogens with zero attached hydrogens (tertiary/aromatic N) is 3. The van der Waals surface area contributed by atoms with Crippen LogP contribution in [0.4, 0.5) is 0 Å². The number of hydrogen-bond acceptors (Lipinski definition) is 3. The summed E-state index contributed by atoms with van der Waals surface area (Å²) in [5, 5.41) is 4.57. The highest BCUT2D eigenvalue weighted by Gasteiger charge is 2.11. The van der Waals surface area contributed by atoms with E-state index in [0.717, 1.165) is 23.5 Å². The normalized spacial score (nSPS) is 12.7. The molecule has 2 heterocycles. The minimum atomic E-state index is -0.0364. The van der Waals surface area contributed by atoms with E-state index in [1.54, 1.807) is 0 Å². The van der Waals surface area contributed by atoms with Crippen LogP contribution in [-0.4, -0.2) is 14.8 Å². The lowest BCUT2D eigenvalue weighted by Crippen LogP contribution is -2.08. The molecule has 4 nitrogen and oxygen atoms in total. The van der Waals surface area contributed by atoms with E-state index in [1.165, 1.54) is 11.3 Å². The summed E-state index contributed by atoms with van der Waals surface area (Å²) >= 11 is 0. The average molecular weight is 244 g/mol. The molecule has 0 aliphatic carbocycles. The van der Waals surface area contributed by atoms with Crippen molar-refractivity contribution in [3.05, 3.63) is 41.0 Å². The fourth-order valence-corrected chi connectivity index (χ4v) is 2.23. The maximum Gasteiger partial charge on any atom is 0.0832 e. The third kappa shape index (κ3) is 2.16. The Bertz CT molecular complexity index is 538. The largest absolute Gasteiger partial charge is 0.323 e. The Morgan fingerprint density at radius 3 is 2.50 bits per heavy atom. The number of rotatable bonds is 3.